The summed E-state index contributed by atoms with van der Waals surface area (Å²) in [6.45, 7) is 2.10. The first kappa shape index (κ1) is 16.4. The quantitative estimate of drug-likeness (QED) is 0.869. The third-order valence-corrected chi connectivity index (χ3v) is 4.50. The number of piperidine rings is 1. The Labute approximate surface area is 141 Å². The van der Waals surface area contributed by atoms with Crippen molar-refractivity contribution < 1.29 is 9.90 Å². The van der Waals surface area contributed by atoms with Crippen LogP contribution in [0.4, 0.5) is 4.79 Å². The maximum atomic E-state index is 12.6. The third kappa shape index (κ3) is 4.11. The lowest BCUT2D eigenvalue weighted by Gasteiger charge is -2.32. The Kier molecular flexibility index (Phi) is 5.43. The van der Waals surface area contributed by atoms with E-state index >= 15 is 0 Å². The Morgan fingerprint density at radius 1 is 1.29 bits per heavy atom. The fourth-order valence-electron chi connectivity index (χ4n) is 2.99. The summed E-state index contributed by atoms with van der Waals surface area (Å²) in [5, 5.41) is 16.5. The molecule has 1 aromatic carbocycles. The minimum atomic E-state index is -0.170. The Balaban J connectivity index is 1.66. The second kappa shape index (κ2) is 7.92. The van der Waals surface area contributed by atoms with Gasteiger partial charge in [0.1, 0.15) is 12.7 Å². The maximum absolute atomic E-state index is 12.6. The van der Waals surface area contributed by atoms with Crippen LogP contribution >= 0.6 is 0 Å². The highest BCUT2D eigenvalue weighted by atomic mass is 16.3. The molecule has 2 amide bonds. The van der Waals surface area contributed by atoms with Gasteiger partial charge in [-0.1, -0.05) is 30.3 Å². The summed E-state index contributed by atoms with van der Waals surface area (Å²) < 4.78 is 1.72. The van der Waals surface area contributed by atoms with Gasteiger partial charge in [0.15, 0.2) is 0 Å². The van der Waals surface area contributed by atoms with Crippen molar-refractivity contribution in [1.82, 2.24) is 25.0 Å². The van der Waals surface area contributed by atoms with Crippen LogP contribution in [0.3, 0.4) is 0 Å². The molecule has 1 aliphatic heterocycles. The van der Waals surface area contributed by atoms with E-state index in [2.05, 4.69) is 15.4 Å². The minimum Gasteiger partial charge on any atom is -0.396 e. The van der Waals surface area contributed by atoms with Gasteiger partial charge in [-0.05, 0) is 24.3 Å². The monoisotopic (exact) mass is 329 g/mol. The molecular weight excluding hydrogens is 306 g/mol. The molecule has 0 bridgehead atoms. The van der Waals surface area contributed by atoms with Crippen molar-refractivity contribution in [2.75, 3.05) is 19.7 Å². The summed E-state index contributed by atoms with van der Waals surface area (Å²) in [6.07, 6.45) is 4.84. The number of likely N-dealkylation sites (tertiary alicyclic amines) is 1. The number of rotatable bonds is 5. The van der Waals surface area contributed by atoms with E-state index in [0.29, 0.717) is 25.6 Å². The van der Waals surface area contributed by atoms with E-state index < -0.39 is 0 Å². The summed E-state index contributed by atoms with van der Waals surface area (Å²) in [6, 6.07) is 9.64. The second-order valence-electron chi connectivity index (χ2n) is 6.14. The van der Waals surface area contributed by atoms with Gasteiger partial charge in [0, 0.05) is 19.7 Å². The first-order valence-electron chi connectivity index (χ1n) is 8.30. The van der Waals surface area contributed by atoms with Crippen molar-refractivity contribution in [2.45, 2.75) is 25.4 Å². The Morgan fingerprint density at radius 3 is 2.67 bits per heavy atom. The van der Waals surface area contributed by atoms with Crippen LogP contribution in [0.2, 0.25) is 0 Å². The number of urea groups is 1. The van der Waals surface area contributed by atoms with Crippen molar-refractivity contribution in [2.24, 2.45) is 5.92 Å². The molecule has 7 heteroatoms. The van der Waals surface area contributed by atoms with Gasteiger partial charge < -0.3 is 15.3 Å². The van der Waals surface area contributed by atoms with Crippen LogP contribution in [-0.4, -0.2) is 50.5 Å². The molecule has 2 aromatic rings. The SMILES string of the molecule is O=C(NC(Cn1cncn1)c1ccccc1)N1CCC(CO)CC1. The lowest BCUT2D eigenvalue weighted by atomic mass is 9.98. The zero-order chi connectivity index (χ0) is 16.8. The van der Waals surface area contributed by atoms with Crippen molar-refractivity contribution in [3.8, 4) is 0 Å². The molecular formula is C17H23N5O2. The number of aliphatic hydroxyl groups excluding tert-OH is 1. The van der Waals surface area contributed by atoms with Crippen LogP contribution in [0, 0.1) is 5.92 Å². The molecule has 0 radical (unpaired) electrons. The normalized spacial score (nSPS) is 16.8. The number of nitrogens with one attached hydrogen (secondary N) is 1. The highest BCUT2D eigenvalue weighted by Gasteiger charge is 2.24. The van der Waals surface area contributed by atoms with Gasteiger partial charge in [-0.3, -0.25) is 4.68 Å². The Hall–Kier alpha value is -2.41. The number of aliphatic hydroxyl groups is 1. The van der Waals surface area contributed by atoms with Crippen molar-refractivity contribution in [1.29, 1.82) is 0 Å². The summed E-state index contributed by atoms with van der Waals surface area (Å²) in [5.41, 5.74) is 1.03. The molecule has 7 nitrogen and oxygen atoms in total. The predicted octanol–water partition coefficient (Wildman–Crippen LogP) is 1.43. The maximum Gasteiger partial charge on any atom is 0.317 e. The van der Waals surface area contributed by atoms with Crippen molar-refractivity contribution in [3.05, 3.63) is 48.5 Å². The molecule has 1 unspecified atom stereocenters. The number of hydrogen-bond acceptors (Lipinski definition) is 4. The number of amides is 2. The zero-order valence-corrected chi connectivity index (χ0v) is 13.6. The topological polar surface area (TPSA) is 83.3 Å². The minimum absolute atomic E-state index is 0.0691. The van der Waals surface area contributed by atoms with E-state index in [0.717, 1.165) is 18.4 Å². The highest BCUT2D eigenvalue weighted by molar-refractivity contribution is 5.74. The molecule has 2 N–H and O–H groups in total. The predicted molar refractivity (Wildman–Crippen MR) is 89.1 cm³/mol. The van der Waals surface area contributed by atoms with Gasteiger partial charge >= 0.3 is 6.03 Å². The van der Waals surface area contributed by atoms with Gasteiger partial charge in [0.25, 0.3) is 0 Å². The number of hydrogen-bond donors (Lipinski definition) is 2. The zero-order valence-electron chi connectivity index (χ0n) is 13.6. The van der Waals surface area contributed by atoms with Gasteiger partial charge in [0.05, 0.1) is 12.6 Å². The molecule has 0 saturated carbocycles. The Morgan fingerprint density at radius 2 is 2.04 bits per heavy atom. The summed E-state index contributed by atoms with van der Waals surface area (Å²) in [5.74, 6) is 0.314. The van der Waals surface area contributed by atoms with E-state index in [1.165, 1.54) is 6.33 Å². The molecule has 1 saturated heterocycles. The molecule has 128 valence electrons. The van der Waals surface area contributed by atoms with Crippen LogP contribution in [0.1, 0.15) is 24.4 Å². The lowest BCUT2D eigenvalue weighted by Crippen LogP contribution is -2.46. The van der Waals surface area contributed by atoms with Gasteiger partial charge in [-0.25, -0.2) is 9.78 Å². The molecule has 0 aliphatic carbocycles. The van der Waals surface area contributed by atoms with E-state index in [-0.39, 0.29) is 18.7 Å². The van der Waals surface area contributed by atoms with Gasteiger partial charge in [-0.2, -0.15) is 5.10 Å². The average Bonchev–Trinajstić information content (AvgIpc) is 3.15. The third-order valence-electron chi connectivity index (χ3n) is 4.50. The van der Waals surface area contributed by atoms with Crippen molar-refractivity contribution >= 4 is 6.03 Å². The van der Waals surface area contributed by atoms with Crippen LogP contribution in [0.5, 0.6) is 0 Å². The molecule has 3 rings (SSSR count). The van der Waals surface area contributed by atoms with Gasteiger partial charge in [0.2, 0.25) is 0 Å². The summed E-state index contributed by atoms with van der Waals surface area (Å²) in [4.78, 5) is 18.4. The lowest BCUT2D eigenvalue weighted by molar-refractivity contribution is 0.135. The fourth-order valence-corrected chi connectivity index (χ4v) is 2.99. The molecule has 0 spiro atoms. The molecule has 2 heterocycles. The van der Waals surface area contributed by atoms with Crippen LogP contribution in [-0.2, 0) is 6.54 Å². The first-order chi connectivity index (χ1) is 11.8. The molecule has 24 heavy (non-hydrogen) atoms. The highest BCUT2D eigenvalue weighted by Crippen LogP contribution is 2.19. The van der Waals surface area contributed by atoms with E-state index in [1.807, 2.05) is 35.2 Å². The number of carbonyl (C=O) groups is 1. The number of carbonyl (C=O) groups excluding carboxylic acids is 1. The first-order valence-corrected chi connectivity index (χ1v) is 8.30. The van der Waals surface area contributed by atoms with Crippen LogP contribution in [0.25, 0.3) is 0 Å². The molecule has 1 atom stereocenters. The van der Waals surface area contributed by atoms with E-state index in [1.54, 1.807) is 11.0 Å². The van der Waals surface area contributed by atoms with Crippen LogP contribution in [0.15, 0.2) is 43.0 Å². The standard InChI is InChI=1S/C17H23N5O2/c23-11-14-6-8-21(9-7-14)17(24)20-16(10-22-13-18-12-19-22)15-4-2-1-3-5-15/h1-5,12-14,16,23H,6-11H2,(H,20,24). The summed E-state index contributed by atoms with van der Waals surface area (Å²) in [7, 11) is 0. The van der Waals surface area contributed by atoms with Crippen molar-refractivity contribution in [3.63, 3.8) is 0 Å². The average molecular weight is 329 g/mol. The van der Waals surface area contributed by atoms with Crippen LogP contribution < -0.4 is 5.32 Å². The molecule has 1 fully saturated rings. The fraction of sp³-hybridized carbons (Fsp3) is 0.471. The molecule has 1 aliphatic rings. The van der Waals surface area contributed by atoms with E-state index in [9.17, 15) is 9.90 Å². The molecule has 1 aromatic heterocycles. The Bertz CT molecular complexity index is 624. The number of benzene rings is 1. The second-order valence-corrected chi connectivity index (χ2v) is 6.14. The van der Waals surface area contributed by atoms with E-state index in [4.69, 9.17) is 0 Å². The number of nitrogens with zero attached hydrogens (tertiary/aromatic N) is 4. The van der Waals surface area contributed by atoms with Gasteiger partial charge in [-0.15, -0.1) is 0 Å². The smallest absolute Gasteiger partial charge is 0.317 e. The number of aromatic nitrogens is 3. The summed E-state index contributed by atoms with van der Waals surface area (Å²) >= 11 is 0. The largest absolute Gasteiger partial charge is 0.396 e.